The maximum Gasteiger partial charge on any atom is 0.338 e. The monoisotopic (exact) mass is 512 g/mol. The number of nitrogens with zero attached hydrogens (tertiary/aromatic N) is 2. The molecule has 2 aliphatic heterocycles. The van der Waals surface area contributed by atoms with Gasteiger partial charge in [0.25, 0.3) is 11.7 Å². The van der Waals surface area contributed by atoms with Crippen LogP contribution in [0.2, 0.25) is 0 Å². The molecule has 1 N–H and O–H groups in total. The molecule has 8 heteroatoms. The van der Waals surface area contributed by atoms with Gasteiger partial charge in [0.05, 0.1) is 23.3 Å². The molecule has 0 aliphatic carbocycles. The number of aromatic nitrogens is 1. The lowest BCUT2D eigenvalue weighted by atomic mass is 9.95. The Morgan fingerprint density at radius 1 is 1.13 bits per heavy atom. The number of amides is 1. The molecule has 1 aromatic heterocycles. The summed E-state index contributed by atoms with van der Waals surface area (Å²) in [5.41, 5.74) is 3.09. The van der Waals surface area contributed by atoms with E-state index in [1.165, 1.54) is 4.90 Å². The molecular formula is C30H28N2O6. The predicted molar refractivity (Wildman–Crippen MR) is 139 cm³/mol. The van der Waals surface area contributed by atoms with Gasteiger partial charge in [0.1, 0.15) is 17.6 Å². The van der Waals surface area contributed by atoms with E-state index in [4.69, 9.17) is 9.47 Å². The van der Waals surface area contributed by atoms with Crippen LogP contribution in [-0.2, 0) is 27.3 Å². The molecule has 0 saturated carbocycles. The first-order chi connectivity index (χ1) is 18.2. The smallest absolute Gasteiger partial charge is 0.338 e. The Morgan fingerprint density at radius 2 is 1.87 bits per heavy atom. The van der Waals surface area contributed by atoms with Crippen molar-refractivity contribution in [3.8, 4) is 5.75 Å². The van der Waals surface area contributed by atoms with Crippen molar-refractivity contribution >= 4 is 23.4 Å². The summed E-state index contributed by atoms with van der Waals surface area (Å²) < 4.78 is 11.0. The Bertz CT molecular complexity index is 1430. The first-order valence-electron chi connectivity index (χ1n) is 12.5. The minimum atomic E-state index is -0.835. The van der Waals surface area contributed by atoms with Crippen molar-refractivity contribution in [2.24, 2.45) is 0 Å². The van der Waals surface area contributed by atoms with Crippen molar-refractivity contribution in [1.29, 1.82) is 0 Å². The topological polar surface area (TPSA) is 106 Å². The molecule has 0 bridgehead atoms. The molecule has 38 heavy (non-hydrogen) atoms. The number of benzene rings is 2. The van der Waals surface area contributed by atoms with Crippen molar-refractivity contribution in [1.82, 2.24) is 9.88 Å². The molecule has 5 rings (SSSR count). The fraction of sp³-hybridized carbons (Fsp3) is 0.267. The van der Waals surface area contributed by atoms with Crippen LogP contribution >= 0.6 is 0 Å². The lowest BCUT2D eigenvalue weighted by molar-refractivity contribution is -0.140. The van der Waals surface area contributed by atoms with Gasteiger partial charge in [-0.2, -0.15) is 0 Å². The van der Waals surface area contributed by atoms with E-state index in [-0.39, 0.29) is 30.1 Å². The minimum absolute atomic E-state index is 0.00652. The van der Waals surface area contributed by atoms with E-state index in [0.717, 1.165) is 11.3 Å². The van der Waals surface area contributed by atoms with Crippen LogP contribution < -0.4 is 4.74 Å². The molecule has 0 spiro atoms. The molecule has 2 aliphatic rings. The zero-order chi connectivity index (χ0) is 27.0. The molecule has 8 nitrogen and oxygen atoms in total. The van der Waals surface area contributed by atoms with Gasteiger partial charge in [0.15, 0.2) is 0 Å². The first-order valence-corrected chi connectivity index (χ1v) is 12.5. The lowest BCUT2D eigenvalue weighted by Gasteiger charge is -2.25. The number of pyridine rings is 1. The van der Waals surface area contributed by atoms with Crippen molar-refractivity contribution in [2.75, 3.05) is 0 Å². The van der Waals surface area contributed by atoms with Gasteiger partial charge in [-0.05, 0) is 73.9 Å². The Hall–Kier alpha value is -4.46. The Kier molecular flexibility index (Phi) is 6.72. The number of hydrogen-bond donors (Lipinski definition) is 1. The highest BCUT2D eigenvalue weighted by molar-refractivity contribution is 6.46. The first kappa shape index (κ1) is 25.2. The summed E-state index contributed by atoms with van der Waals surface area (Å²) >= 11 is 0. The standard InChI is InChI=1S/C30H28N2O6/c1-17(2)37-30(36)20-8-6-19(7-9-20)16-32-26(22-5-4-12-31-15-22)25(28(34)29(32)35)27(33)21-10-11-24-23(14-21)13-18(3)38-24/h4-12,14-15,17-18,26,33H,13,16H2,1-3H3/b27-25-. The van der Waals surface area contributed by atoms with Crippen LogP contribution in [-0.4, -0.2) is 44.9 Å². The Labute approximate surface area is 220 Å². The highest BCUT2D eigenvalue weighted by atomic mass is 16.5. The van der Waals surface area contributed by atoms with E-state index in [0.29, 0.717) is 28.7 Å². The third-order valence-electron chi connectivity index (χ3n) is 6.59. The van der Waals surface area contributed by atoms with E-state index in [2.05, 4.69) is 4.98 Å². The number of likely N-dealkylation sites (tertiary alicyclic amines) is 1. The molecule has 2 aromatic carbocycles. The van der Waals surface area contributed by atoms with Gasteiger partial charge in [-0.1, -0.05) is 18.2 Å². The molecule has 3 aromatic rings. The molecule has 3 heterocycles. The van der Waals surface area contributed by atoms with E-state index < -0.39 is 23.7 Å². The number of carbonyl (C=O) groups is 3. The summed E-state index contributed by atoms with van der Waals surface area (Å²) in [6, 6.07) is 14.6. The average Bonchev–Trinajstić information content (AvgIpc) is 3.39. The lowest BCUT2D eigenvalue weighted by Crippen LogP contribution is -2.29. The maximum absolute atomic E-state index is 13.3. The van der Waals surface area contributed by atoms with Crippen LogP contribution in [0, 0.1) is 0 Å². The van der Waals surface area contributed by atoms with Gasteiger partial charge in [-0.15, -0.1) is 0 Å². The second-order valence-corrected chi connectivity index (χ2v) is 9.82. The number of ketones is 1. The molecule has 1 saturated heterocycles. The number of aliphatic hydroxyl groups is 1. The highest BCUT2D eigenvalue weighted by Crippen LogP contribution is 2.41. The number of rotatable bonds is 6. The SMILES string of the molecule is CC(C)OC(=O)c1ccc(CN2C(=O)C(=O)/C(=C(\O)c3ccc4c(c3)CC(C)O4)C2c2cccnc2)cc1. The second-order valence-electron chi connectivity index (χ2n) is 9.82. The summed E-state index contributed by atoms with van der Waals surface area (Å²) in [7, 11) is 0. The highest BCUT2D eigenvalue weighted by Gasteiger charge is 2.46. The van der Waals surface area contributed by atoms with Crippen molar-refractivity contribution in [2.45, 2.75) is 52.0 Å². The normalized spacial score (nSPS) is 19.9. The third-order valence-corrected chi connectivity index (χ3v) is 6.59. The zero-order valence-corrected chi connectivity index (χ0v) is 21.4. The van der Waals surface area contributed by atoms with Crippen molar-refractivity contribution < 1.29 is 29.0 Å². The van der Waals surface area contributed by atoms with Gasteiger partial charge in [-0.3, -0.25) is 14.6 Å². The van der Waals surface area contributed by atoms with Crippen molar-refractivity contribution in [3.05, 3.63) is 100 Å². The number of esters is 1. The third kappa shape index (κ3) is 4.77. The fourth-order valence-electron chi connectivity index (χ4n) is 4.88. The molecule has 1 fully saturated rings. The molecule has 2 atom stereocenters. The van der Waals surface area contributed by atoms with Crippen molar-refractivity contribution in [3.63, 3.8) is 0 Å². The number of hydrogen-bond acceptors (Lipinski definition) is 7. The van der Waals surface area contributed by atoms with Crippen LogP contribution in [0.15, 0.2) is 72.6 Å². The summed E-state index contributed by atoms with van der Waals surface area (Å²) in [6.45, 7) is 5.61. The number of Topliss-reactive ketones (excluding diaryl/α,β-unsaturated/α-hetero) is 1. The number of ether oxygens (including phenoxy) is 2. The molecular weight excluding hydrogens is 484 g/mol. The van der Waals surface area contributed by atoms with E-state index in [1.807, 2.05) is 6.92 Å². The van der Waals surface area contributed by atoms with Crippen LogP contribution in [0.25, 0.3) is 5.76 Å². The quantitative estimate of drug-likeness (QED) is 0.223. The Morgan fingerprint density at radius 3 is 2.55 bits per heavy atom. The van der Waals surface area contributed by atoms with Gasteiger partial charge < -0.3 is 19.5 Å². The summed E-state index contributed by atoms with van der Waals surface area (Å²) in [6.07, 6.45) is 3.67. The maximum atomic E-state index is 13.3. The van der Waals surface area contributed by atoms with Gasteiger partial charge in [0.2, 0.25) is 0 Å². The number of aliphatic hydroxyl groups excluding tert-OH is 1. The largest absolute Gasteiger partial charge is 0.507 e. The summed E-state index contributed by atoms with van der Waals surface area (Å²) in [5, 5.41) is 11.4. The zero-order valence-electron chi connectivity index (χ0n) is 21.4. The van der Waals surface area contributed by atoms with E-state index in [1.54, 1.807) is 80.8 Å². The fourth-order valence-corrected chi connectivity index (χ4v) is 4.88. The summed E-state index contributed by atoms with van der Waals surface area (Å²) in [5.74, 6) is -1.41. The van der Waals surface area contributed by atoms with Gasteiger partial charge in [-0.25, -0.2) is 4.79 Å². The van der Waals surface area contributed by atoms with Crippen LogP contribution in [0.1, 0.15) is 59.4 Å². The molecule has 1 amide bonds. The van der Waals surface area contributed by atoms with E-state index >= 15 is 0 Å². The molecule has 194 valence electrons. The number of fused-ring (bicyclic) bond motifs is 1. The van der Waals surface area contributed by atoms with Gasteiger partial charge >= 0.3 is 5.97 Å². The average molecular weight is 513 g/mol. The van der Waals surface area contributed by atoms with Crippen LogP contribution in [0.3, 0.4) is 0 Å². The number of carbonyl (C=O) groups excluding carboxylic acids is 3. The van der Waals surface area contributed by atoms with Gasteiger partial charge in [0, 0.05) is 30.9 Å². The molecule has 2 unspecified atom stereocenters. The predicted octanol–water partition coefficient (Wildman–Crippen LogP) is 4.59. The summed E-state index contributed by atoms with van der Waals surface area (Å²) in [4.78, 5) is 44.4. The Balaban J connectivity index is 1.51. The second kappa shape index (κ2) is 10.1. The van der Waals surface area contributed by atoms with E-state index in [9.17, 15) is 19.5 Å². The van der Waals surface area contributed by atoms with Crippen LogP contribution in [0.5, 0.6) is 5.75 Å². The van der Waals surface area contributed by atoms with Crippen LogP contribution in [0.4, 0.5) is 0 Å². The minimum Gasteiger partial charge on any atom is -0.507 e. The molecule has 0 radical (unpaired) electrons.